The van der Waals surface area contributed by atoms with E-state index >= 15 is 0 Å². The largest absolute Gasteiger partial charge is 0.395 e. The van der Waals surface area contributed by atoms with E-state index in [4.69, 9.17) is 14.7 Å². The number of fused-ring (bicyclic) bond motifs is 2. The van der Waals surface area contributed by atoms with Gasteiger partial charge in [-0.2, -0.15) is 5.10 Å². The fraction of sp³-hybridized carbons (Fsp3) is 0.364. The van der Waals surface area contributed by atoms with Gasteiger partial charge in [-0.25, -0.2) is 9.97 Å². The Hall–Kier alpha value is -3.12. The molecule has 0 spiro atoms. The minimum atomic E-state index is -0.243. The Bertz CT molecular complexity index is 1280. The van der Waals surface area contributed by atoms with Crippen LogP contribution in [0, 0.1) is 0 Å². The van der Waals surface area contributed by atoms with Crippen molar-refractivity contribution in [3.8, 4) is 11.4 Å². The van der Waals surface area contributed by atoms with Crippen LogP contribution in [0.4, 0.5) is 5.82 Å². The molecule has 0 radical (unpaired) electrons. The zero-order valence-corrected chi connectivity index (χ0v) is 18.7. The van der Waals surface area contributed by atoms with Gasteiger partial charge < -0.3 is 24.7 Å². The minimum absolute atomic E-state index is 0.156. The number of nitrogens with one attached hydrogen (secondary N) is 1. The van der Waals surface area contributed by atoms with E-state index in [1.807, 2.05) is 18.2 Å². The van der Waals surface area contributed by atoms with Crippen LogP contribution in [0.3, 0.4) is 0 Å². The number of rotatable bonds is 7. The molecule has 0 bridgehead atoms. The Morgan fingerprint density at radius 2 is 1.97 bits per heavy atom. The van der Waals surface area contributed by atoms with Crippen LogP contribution in [0.2, 0.25) is 0 Å². The lowest BCUT2D eigenvalue weighted by molar-refractivity contribution is 0.0689. The van der Waals surface area contributed by atoms with Crippen LogP contribution in [-0.2, 0) is 4.74 Å². The fourth-order valence-corrected chi connectivity index (χ4v) is 5.09. The third-order valence-corrected chi connectivity index (χ3v) is 6.74. The summed E-state index contributed by atoms with van der Waals surface area (Å²) < 4.78 is 6.35. The lowest BCUT2D eigenvalue weighted by atomic mass is 10.1. The quantitative estimate of drug-likeness (QED) is 0.372. The van der Waals surface area contributed by atoms with Crippen molar-refractivity contribution in [3.05, 3.63) is 35.3 Å². The molecule has 1 aliphatic heterocycles. The number of thiophene rings is 1. The van der Waals surface area contributed by atoms with Crippen molar-refractivity contribution < 1.29 is 19.7 Å². The number of benzene rings is 1. The molecule has 5 rings (SSSR count). The average molecular weight is 469 g/mol. The van der Waals surface area contributed by atoms with Gasteiger partial charge >= 0.3 is 0 Å². The fourth-order valence-electron chi connectivity index (χ4n) is 4.01. The number of aliphatic hydroxyl groups is 2. The number of H-pyrrole nitrogens is 1. The number of amides is 1. The lowest BCUT2D eigenvalue weighted by Gasteiger charge is -2.28. The maximum absolute atomic E-state index is 13.1. The second kappa shape index (κ2) is 9.40. The first-order valence-electron chi connectivity index (χ1n) is 10.8. The van der Waals surface area contributed by atoms with Crippen LogP contribution in [0.1, 0.15) is 9.67 Å². The number of hydrogen-bond acceptors (Lipinski definition) is 9. The molecule has 1 aromatic carbocycles. The molecule has 33 heavy (non-hydrogen) atoms. The van der Waals surface area contributed by atoms with Gasteiger partial charge in [0.15, 0.2) is 11.6 Å². The summed E-state index contributed by atoms with van der Waals surface area (Å²) in [6, 6.07) is 7.62. The van der Waals surface area contributed by atoms with Gasteiger partial charge in [-0.05, 0) is 12.1 Å². The number of ether oxygens (including phenoxy) is 1. The average Bonchev–Trinajstić information content (AvgIpc) is 3.50. The predicted molar refractivity (Wildman–Crippen MR) is 126 cm³/mol. The van der Waals surface area contributed by atoms with Crippen LogP contribution in [0.15, 0.2) is 30.5 Å². The monoisotopic (exact) mass is 468 g/mol. The molecule has 0 unspecified atom stereocenters. The predicted octanol–water partition coefficient (Wildman–Crippen LogP) is 1.50. The van der Waals surface area contributed by atoms with E-state index in [0.29, 0.717) is 42.5 Å². The number of carbonyl (C=O) groups excluding carboxylic acids is 1. The van der Waals surface area contributed by atoms with E-state index in [0.717, 1.165) is 27.0 Å². The van der Waals surface area contributed by atoms with Crippen molar-refractivity contribution in [1.82, 2.24) is 25.1 Å². The van der Waals surface area contributed by atoms with Crippen molar-refractivity contribution >= 4 is 44.2 Å². The Morgan fingerprint density at radius 3 is 2.73 bits per heavy atom. The molecule has 0 aliphatic carbocycles. The number of nitrogens with zero attached hydrogens (tertiary/aromatic N) is 5. The van der Waals surface area contributed by atoms with Crippen molar-refractivity contribution in [2.45, 2.75) is 0 Å². The molecule has 11 heteroatoms. The second-order valence-electron chi connectivity index (χ2n) is 7.67. The van der Waals surface area contributed by atoms with Crippen LogP contribution in [0.25, 0.3) is 32.5 Å². The first-order chi connectivity index (χ1) is 16.2. The first kappa shape index (κ1) is 21.7. The highest BCUT2D eigenvalue weighted by atomic mass is 32.1. The summed E-state index contributed by atoms with van der Waals surface area (Å²) >= 11 is 1.33. The Labute approximate surface area is 193 Å². The number of carbonyl (C=O) groups is 1. The van der Waals surface area contributed by atoms with Crippen LogP contribution in [0.5, 0.6) is 0 Å². The van der Waals surface area contributed by atoms with E-state index < -0.39 is 0 Å². The molecule has 4 aromatic rings. The summed E-state index contributed by atoms with van der Waals surface area (Å²) in [5.41, 5.74) is 2.44. The number of hydrogen-bond donors (Lipinski definition) is 3. The van der Waals surface area contributed by atoms with Gasteiger partial charge in [0.25, 0.3) is 5.91 Å². The summed E-state index contributed by atoms with van der Waals surface area (Å²) in [5.74, 6) is 1.10. The standard InChI is InChI=1S/C22H24N6O4S/c29-8-4-28(5-9-30)22(31)18-12-17-19(33-18)21(27-6-10-32-11-7-27)25-20(24-17)14-2-1-3-16-15(14)13-23-26-16/h1-3,12-13,29-30H,4-11H2,(H,23,26). The van der Waals surface area contributed by atoms with Gasteiger partial charge in [-0.15, -0.1) is 11.3 Å². The van der Waals surface area contributed by atoms with Crippen molar-refractivity contribution in [2.24, 2.45) is 0 Å². The van der Waals surface area contributed by atoms with E-state index in [1.54, 1.807) is 12.3 Å². The molecule has 1 saturated heterocycles. The second-order valence-corrected chi connectivity index (χ2v) is 8.72. The topological polar surface area (TPSA) is 128 Å². The lowest BCUT2D eigenvalue weighted by Crippen LogP contribution is -2.36. The van der Waals surface area contributed by atoms with Gasteiger partial charge in [-0.1, -0.05) is 12.1 Å². The highest BCUT2D eigenvalue weighted by molar-refractivity contribution is 7.21. The zero-order valence-electron chi connectivity index (χ0n) is 17.9. The molecular formula is C22H24N6O4S. The molecular weight excluding hydrogens is 444 g/mol. The summed E-state index contributed by atoms with van der Waals surface area (Å²) in [7, 11) is 0. The molecule has 10 nitrogen and oxygen atoms in total. The number of aromatic amines is 1. The van der Waals surface area contributed by atoms with Crippen molar-refractivity contribution in [2.75, 3.05) is 57.5 Å². The van der Waals surface area contributed by atoms with Gasteiger partial charge in [-0.3, -0.25) is 9.89 Å². The third-order valence-electron chi connectivity index (χ3n) is 5.63. The van der Waals surface area contributed by atoms with Gasteiger partial charge in [0.1, 0.15) is 0 Å². The molecule has 172 valence electrons. The van der Waals surface area contributed by atoms with Gasteiger partial charge in [0.05, 0.1) is 53.2 Å². The van der Waals surface area contributed by atoms with Crippen molar-refractivity contribution in [3.63, 3.8) is 0 Å². The Kier molecular flexibility index (Phi) is 6.18. The SMILES string of the molecule is O=C(c1cc2nc(-c3cccc4[nH]ncc34)nc(N3CCOCC3)c2s1)N(CCO)CCO. The van der Waals surface area contributed by atoms with Gasteiger partial charge in [0, 0.05) is 37.1 Å². The first-order valence-corrected chi connectivity index (χ1v) is 11.6. The highest BCUT2D eigenvalue weighted by Crippen LogP contribution is 2.36. The third kappa shape index (κ3) is 4.15. The highest BCUT2D eigenvalue weighted by Gasteiger charge is 2.24. The minimum Gasteiger partial charge on any atom is -0.395 e. The molecule has 1 aliphatic rings. The van der Waals surface area contributed by atoms with E-state index in [9.17, 15) is 15.0 Å². The zero-order chi connectivity index (χ0) is 22.8. The molecule has 3 N–H and O–H groups in total. The maximum Gasteiger partial charge on any atom is 0.264 e. The van der Waals surface area contributed by atoms with E-state index in [-0.39, 0.29) is 32.2 Å². The number of anilines is 1. The summed E-state index contributed by atoms with van der Waals surface area (Å²) in [4.78, 5) is 27.0. The molecule has 0 saturated carbocycles. The van der Waals surface area contributed by atoms with Crippen molar-refractivity contribution in [1.29, 1.82) is 0 Å². The maximum atomic E-state index is 13.1. The van der Waals surface area contributed by atoms with Crippen LogP contribution < -0.4 is 4.90 Å². The molecule has 4 heterocycles. The van der Waals surface area contributed by atoms with E-state index in [2.05, 4.69) is 15.1 Å². The normalized spacial score (nSPS) is 14.3. The number of aromatic nitrogens is 4. The summed E-state index contributed by atoms with van der Waals surface area (Å²) in [6.07, 6.45) is 1.76. The molecule has 1 fully saturated rings. The molecule has 0 atom stereocenters. The molecule has 3 aromatic heterocycles. The Morgan fingerprint density at radius 1 is 1.18 bits per heavy atom. The summed E-state index contributed by atoms with van der Waals surface area (Å²) in [6.45, 7) is 2.58. The summed E-state index contributed by atoms with van der Waals surface area (Å²) in [5, 5.41) is 26.7. The van der Waals surface area contributed by atoms with Gasteiger partial charge in [0.2, 0.25) is 0 Å². The van der Waals surface area contributed by atoms with E-state index in [1.165, 1.54) is 16.2 Å². The number of aliphatic hydroxyl groups excluding tert-OH is 2. The van der Waals surface area contributed by atoms with Crippen LogP contribution in [-0.4, -0.2) is 93.8 Å². The molecule has 1 amide bonds. The smallest absolute Gasteiger partial charge is 0.264 e. The van der Waals surface area contributed by atoms with Crippen LogP contribution >= 0.6 is 11.3 Å². The number of morpholine rings is 1. The Balaban J connectivity index is 1.64.